The molecule has 0 saturated carbocycles. The number of allylic oxidation sites excluding steroid dienone is 4. The van der Waals surface area contributed by atoms with Gasteiger partial charge in [0.1, 0.15) is 5.54 Å². The summed E-state index contributed by atoms with van der Waals surface area (Å²) in [7, 11) is 1.71. The van der Waals surface area contributed by atoms with Crippen LogP contribution in [0.4, 0.5) is 0 Å². The highest BCUT2D eigenvalue weighted by molar-refractivity contribution is 5.56. The molecule has 2 atom stereocenters. The van der Waals surface area contributed by atoms with Crippen LogP contribution in [0.5, 0.6) is 0 Å². The van der Waals surface area contributed by atoms with E-state index in [9.17, 15) is 0 Å². The second-order valence-corrected chi connectivity index (χ2v) is 4.42. The monoisotopic (exact) mass is 200 g/mol. The first-order valence-electron chi connectivity index (χ1n) is 5.13. The van der Waals surface area contributed by atoms with Crippen molar-refractivity contribution < 1.29 is 0 Å². The number of hydrogen-bond acceptors (Lipinski definition) is 2. The third kappa shape index (κ3) is 1.11. The molecule has 0 N–H and O–H groups in total. The van der Waals surface area contributed by atoms with Crippen molar-refractivity contribution in [3.8, 4) is 0 Å². The van der Waals surface area contributed by atoms with E-state index in [0.717, 1.165) is 5.57 Å². The van der Waals surface area contributed by atoms with Gasteiger partial charge in [-0.3, -0.25) is 0 Å². The molecule has 0 aliphatic heterocycles. The zero-order valence-corrected chi connectivity index (χ0v) is 9.49. The molecule has 0 aromatic carbocycles. The van der Waals surface area contributed by atoms with Crippen molar-refractivity contribution in [2.75, 3.05) is 7.05 Å². The van der Waals surface area contributed by atoms with Crippen LogP contribution in [0.25, 0.3) is 0 Å². The van der Waals surface area contributed by atoms with Gasteiger partial charge in [-0.15, -0.1) is 0 Å². The van der Waals surface area contributed by atoms with E-state index in [1.54, 1.807) is 7.05 Å². The molecule has 0 aromatic heterocycles. The summed E-state index contributed by atoms with van der Waals surface area (Å²) in [5, 5.41) is 8.25. The minimum absolute atomic E-state index is 0.101. The summed E-state index contributed by atoms with van der Waals surface area (Å²) >= 11 is 0. The van der Waals surface area contributed by atoms with Crippen molar-refractivity contribution >= 4 is 0 Å². The van der Waals surface area contributed by atoms with Crippen LogP contribution in [-0.2, 0) is 0 Å². The first-order valence-corrected chi connectivity index (χ1v) is 5.13. The summed E-state index contributed by atoms with van der Waals surface area (Å²) in [6.07, 6.45) is 10.4. The van der Waals surface area contributed by atoms with Crippen LogP contribution in [0, 0.1) is 5.41 Å². The lowest BCUT2D eigenvalue weighted by atomic mass is 9.55. The van der Waals surface area contributed by atoms with Crippen molar-refractivity contribution in [1.82, 2.24) is 0 Å². The van der Waals surface area contributed by atoms with Gasteiger partial charge < -0.3 is 0 Å². The van der Waals surface area contributed by atoms with Crippen LogP contribution in [0.15, 0.2) is 58.3 Å². The maximum absolute atomic E-state index is 4.33. The Morgan fingerprint density at radius 2 is 1.87 bits per heavy atom. The SMILES string of the molecule is C=C1C=CC=CC2=CC(C)(/N=N\C)C12C. The van der Waals surface area contributed by atoms with Gasteiger partial charge in [-0.2, -0.15) is 10.2 Å². The molecule has 2 nitrogen and oxygen atoms in total. The van der Waals surface area contributed by atoms with Gasteiger partial charge in [0, 0.05) is 12.5 Å². The van der Waals surface area contributed by atoms with Crippen LogP contribution < -0.4 is 0 Å². The maximum atomic E-state index is 4.33. The van der Waals surface area contributed by atoms with Gasteiger partial charge in [0.05, 0.1) is 0 Å². The summed E-state index contributed by atoms with van der Waals surface area (Å²) < 4.78 is 0. The number of nitrogens with zero attached hydrogens (tertiary/aromatic N) is 2. The second-order valence-electron chi connectivity index (χ2n) is 4.42. The molecule has 78 valence electrons. The largest absolute Gasteiger partial charge is 0.197 e. The lowest BCUT2D eigenvalue weighted by Crippen LogP contribution is -2.50. The third-order valence-corrected chi connectivity index (χ3v) is 3.66. The molecular weight excluding hydrogens is 184 g/mol. The molecule has 2 heteroatoms. The maximum Gasteiger partial charge on any atom is 0.111 e. The minimum atomic E-state index is -0.243. The quantitative estimate of drug-likeness (QED) is 0.579. The van der Waals surface area contributed by atoms with Crippen LogP contribution >= 0.6 is 0 Å². The van der Waals surface area contributed by atoms with E-state index in [0.29, 0.717) is 0 Å². The average Bonchev–Trinajstić information content (AvgIpc) is 2.31. The minimum Gasteiger partial charge on any atom is -0.197 e. The van der Waals surface area contributed by atoms with E-state index in [1.807, 2.05) is 12.2 Å². The summed E-state index contributed by atoms with van der Waals surface area (Å²) in [4.78, 5) is 0. The smallest absolute Gasteiger partial charge is 0.111 e. The topological polar surface area (TPSA) is 24.7 Å². The zero-order valence-electron chi connectivity index (χ0n) is 9.49. The van der Waals surface area contributed by atoms with Gasteiger partial charge in [-0.25, -0.2) is 0 Å². The summed E-state index contributed by atoms with van der Waals surface area (Å²) in [5.74, 6) is 0. The lowest BCUT2D eigenvalue weighted by Gasteiger charge is -2.50. The van der Waals surface area contributed by atoms with Crippen LogP contribution in [-0.4, -0.2) is 12.6 Å². The fraction of sp³-hybridized carbons (Fsp3) is 0.385. The Kier molecular flexibility index (Phi) is 2.03. The molecule has 0 radical (unpaired) electrons. The van der Waals surface area contributed by atoms with E-state index in [-0.39, 0.29) is 11.0 Å². The molecule has 2 aliphatic rings. The van der Waals surface area contributed by atoms with Crippen molar-refractivity contribution in [1.29, 1.82) is 0 Å². The summed E-state index contributed by atoms with van der Waals surface area (Å²) in [5.41, 5.74) is 2.04. The van der Waals surface area contributed by atoms with Crippen molar-refractivity contribution in [2.24, 2.45) is 15.6 Å². The molecule has 0 fully saturated rings. The van der Waals surface area contributed by atoms with Gasteiger partial charge in [0.2, 0.25) is 0 Å². The number of fused-ring (bicyclic) bond motifs is 1. The third-order valence-electron chi connectivity index (χ3n) is 3.66. The van der Waals surface area contributed by atoms with E-state index >= 15 is 0 Å². The number of rotatable bonds is 1. The molecule has 15 heavy (non-hydrogen) atoms. The molecule has 2 aliphatic carbocycles. The summed E-state index contributed by atoms with van der Waals surface area (Å²) in [6, 6.07) is 0. The second kappa shape index (κ2) is 3.02. The van der Waals surface area contributed by atoms with Gasteiger partial charge in [0.15, 0.2) is 0 Å². The molecule has 0 amide bonds. The standard InChI is InChI=1S/C13H16N2/c1-10-7-5-6-8-11-9-12(2,15-14-4)13(10,11)3/h5-9H,1H2,2-4H3/b15-14-. The Labute approximate surface area is 90.8 Å². The molecule has 0 bridgehead atoms. The first-order chi connectivity index (χ1) is 7.04. The van der Waals surface area contributed by atoms with Crippen LogP contribution in [0.2, 0.25) is 0 Å². The first kappa shape index (κ1) is 10.1. The highest BCUT2D eigenvalue weighted by Gasteiger charge is 2.54. The van der Waals surface area contributed by atoms with Gasteiger partial charge >= 0.3 is 0 Å². The predicted octanol–water partition coefficient (Wildman–Crippen LogP) is 3.46. The van der Waals surface area contributed by atoms with Gasteiger partial charge in [-0.05, 0) is 25.0 Å². The van der Waals surface area contributed by atoms with Crippen LogP contribution in [0.3, 0.4) is 0 Å². The molecule has 0 saturated heterocycles. The Bertz CT molecular complexity index is 426. The highest BCUT2D eigenvalue weighted by atomic mass is 15.1. The average molecular weight is 200 g/mol. The zero-order chi connectivity index (χ0) is 11.1. The van der Waals surface area contributed by atoms with Crippen molar-refractivity contribution in [3.63, 3.8) is 0 Å². The van der Waals surface area contributed by atoms with E-state index < -0.39 is 0 Å². The predicted molar refractivity (Wildman–Crippen MR) is 62.8 cm³/mol. The fourth-order valence-corrected chi connectivity index (χ4v) is 2.37. The van der Waals surface area contributed by atoms with Crippen molar-refractivity contribution in [2.45, 2.75) is 19.4 Å². The Morgan fingerprint density at radius 3 is 2.53 bits per heavy atom. The van der Waals surface area contributed by atoms with Gasteiger partial charge in [-0.1, -0.05) is 37.0 Å². The normalized spacial score (nSPS) is 38.6. The number of hydrogen-bond donors (Lipinski definition) is 0. The summed E-state index contributed by atoms with van der Waals surface area (Å²) in [6.45, 7) is 8.42. The van der Waals surface area contributed by atoms with Crippen LogP contribution in [0.1, 0.15) is 13.8 Å². The van der Waals surface area contributed by atoms with E-state index in [1.165, 1.54) is 5.57 Å². The Hall–Kier alpha value is -1.44. The lowest BCUT2D eigenvalue weighted by molar-refractivity contribution is 0.266. The fourth-order valence-electron chi connectivity index (χ4n) is 2.37. The molecule has 2 rings (SSSR count). The Balaban J connectivity index is 2.54. The van der Waals surface area contributed by atoms with Gasteiger partial charge in [0.25, 0.3) is 0 Å². The van der Waals surface area contributed by atoms with E-state index in [4.69, 9.17) is 0 Å². The van der Waals surface area contributed by atoms with E-state index in [2.05, 4.69) is 48.9 Å². The number of azo groups is 1. The molecule has 0 aromatic rings. The highest BCUT2D eigenvalue weighted by Crippen LogP contribution is 2.57. The Morgan fingerprint density at radius 1 is 1.20 bits per heavy atom. The van der Waals surface area contributed by atoms with Crippen molar-refractivity contribution in [3.05, 3.63) is 48.1 Å². The molecule has 0 spiro atoms. The molecular formula is C13H16N2. The molecule has 0 heterocycles. The molecule has 2 unspecified atom stereocenters.